The molecule has 1 aliphatic carbocycles. The van der Waals surface area contributed by atoms with Gasteiger partial charge in [0.25, 0.3) is 0 Å². The second-order valence-electron chi connectivity index (χ2n) is 8.72. The lowest BCUT2D eigenvalue weighted by Gasteiger charge is -2.41. The van der Waals surface area contributed by atoms with Crippen LogP contribution in [-0.4, -0.2) is 68.9 Å². The van der Waals surface area contributed by atoms with Crippen molar-refractivity contribution in [3.05, 3.63) is 39.7 Å². The van der Waals surface area contributed by atoms with E-state index in [1.54, 1.807) is 6.07 Å². The molecule has 0 radical (unpaired) electrons. The maximum absolute atomic E-state index is 11.9. The van der Waals surface area contributed by atoms with Crippen LogP contribution in [-0.2, 0) is 17.6 Å². The smallest absolute Gasteiger partial charge is 0.336 e. The summed E-state index contributed by atoms with van der Waals surface area (Å²) in [7, 11) is 0. The molecule has 0 unspecified atom stereocenters. The molecule has 9 nitrogen and oxygen atoms in total. The van der Waals surface area contributed by atoms with Crippen LogP contribution in [0.1, 0.15) is 25.0 Å². The van der Waals surface area contributed by atoms with E-state index in [4.69, 9.17) is 13.9 Å². The first kappa shape index (κ1) is 21.2. The molecular weight excluding hydrogens is 396 g/mol. The number of hydrogen-bond acceptors (Lipinski definition) is 9. The van der Waals surface area contributed by atoms with Crippen molar-refractivity contribution < 1.29 is 39.4 Å². The first-order valence-corrected chi connectivity index (χ1v) is 9.86. The molecule has 1 fully saturated rings. The molecule has 9 heteroatoms. The summed E-state index contributed by atoms with van der Waals surface area (Å²) in [5.74, 6) is 0.171. The average Bonchev–Trinajstić information content (AvgIpc) is 2.69. The van der Waals surface area contributed by atoms with E-state index in [0.717, 1.165) is 5.56 Å². The zero-order chi connectivity index (χ0) is 21.8. The molecule has 2 aromatic rings. The van der Waals surface area contributed by atoms with Crippen molar-refractivity contribution in [3.8, 4) is 5.75 Å². The van der Waals surface area contributed by atoms with Gasteiger partial charge in [0.1, 0.15) is 24.4 Å². The lowest BCUT2D eigenvalue weighted by molar-refractivity contribution is -0.277. The van der Waals surface area contributed by atoms with Crippen LogP contribution in [0.5, 0.6) is 5.75 Å². The fraction of sp³-hybridized carbons (Fsp3) is 0.571. The highest BCUT2D eigenvalue weighted by Gasteiger charge is 2.46. The van der Waals surface area contributed by atoms with Crippen LogP contribution in [0.15, 0.2) is 27.4 Å². The van der Waals surface area contributed by atoms with E-state index in [-0.39, 0.29) is 11.3 Å². The Hall–Kier alpha value is -2.01. The summed E-state index contributed by atoms with van der Waals surface area (Å²) >= 11 is 0. The third-order valence-electron chi connectivity index (χ3n) is 6.09. The average molecular weight is 422 g/mol. The Morgan fingerprint density at radius 1 is 1.13 bits per heavy atom. The monoisotopic (exact) mass is 422 g/mol. The van der Waals surface area contributed by atoms with E-state index in [9.17, 15) is 30.3 Å². The van der Waals surface area contributed by atoms with Gasteiger partial charge in [0.2, 0.25) is 6.29 Å². The van der Waals surface area contributed by atoms with Crippen LogP contribution in [0.2, 0.25) is 0 Å². The number of hydrogen-bond donors (Lipinski definition) is 5. The number of aliphatic hydroxyl groups excluding tert-OH is 5. The molecule has 2 aliphatic rings. The van der Waals surface area contributed by atoms with Gasteiger partial charge in [-0.3, -0.25) is 0 Å². The standard InChI is InChI=1S/C21H26O9/c1-21(2)7-11-10(6-13(21)23)5-9-3-4-14(24)29-18(9)19(11)30-20-17(27)16(26)15(25)12(8-22)28-20/h3-5,12-13,15-17,20,22-23,25-27H,6-8H2,1-2H3/t12-,13-,15-,16+,17-,20+/m0/s1. The molecule has 1 aromatic carbocycles. The molecule has 0 spiro atoms. The number of ether oxygens (including phenoxy) is 2. The minimum atomic E-state index is -1.61. The number of rotatable bonds is 3. The number of fused-ring (bicyclic) bond motifs is 2. The van der Waals surface area contributed by atoms with Gasteiger partial charge in [0.05, 0.1) is 12.7 Å². The van der Waals surface area contributed by atoms with Gasteiger partial charge in [-0.25, -0.2) is 4.79 Å². The summed E-state index contributed by atoms with van der Waals surface area (Å²) in [6, 6.07) is 4.68. The minimum absolute atomic E-state index is 0.158. The summed E-state index contributed by atoms with van der Waals surface area (Å²) in [5, 5.41) is 51.0. The summed E-state index contributed by atoms with van der Waals surface area (Å²) in [6.45, 7) is 3.22. The van der Waals surface area contributed by atoms with E-state index in [2.05, 4.69) is 0 Å². The molecule has 4 rings (SSSR count). The van der Waals surface area contributed by atoms with Crippen molar-refractivity contribution in [1.82, 2.24) is 0 Å². The SMILES string of the molecule is CC1(C)Cc2c(cc3ccc(=O)oc3c2O[C@H]2O[C@@H](CO)[C@H](O)[C@@H](O)[C@@H]2O)C[C@@H]1O. The molecular formula is C21H26O9. The highest BCUT2D eigenvalue weighted by molar-refractivity contribution is 5.85. The molecule has 0 amide bonds. The molecule has 1 aliphatic heterocycles. The van der Waals surface area contributed by atoms with Crippen LogP contribution in [0.4, 0.5) is 0 Å². The molecule has 0 saturated carbocycles. The molecule has 2 heterocycles. The van der Waals surface area contributed by atoms with Crippen molar-refractivity contribution in [3.63, 3.8) is 0 Å². The van der Waals surface area contributed by atoms with Crippen LogP contribution in [0.25, 0.3) is 11.0 Å². The van der Waals surface area contributed by atoms with Gasteiger partial charge in [-0.15, -0.1) is 0 Å². The third-order valence-corrected chi connectivity index (χ3v) is 6.09. The number of benzene rings is 1. The van der Waals surface area contributed by atoms with Gasteiger partial charge >= 0.3 is 5.63 Å². The van der Waals surface area contributed by atoms with Crippen molar-refractivity contribution in [2.24, 2.45) is 5.41 Å². The second kappa shape index (κ2) is 7.60. The van der Waals surface area contributed by atoms with E-state index in [1.165, 1.54) is 6.07 Å². The molecule has 1 saturated heterocycles. The Morgan fingerprint density at radius 2 is 1.87 bits per heavy atom. The zero-order valence-corrected chi connectivity index (χ0v) is 16.7. The van der Waals surface area contributed by atoms with E-state index in [1.807, 2.05) is 19.9 Å². The van der Waals surface area contributed by atoms with Crippen molar-refractivity contribution >= 4 is 11.0 Å². The third kappa shape index (κ3) is 3.51. The molecule has 164 valence electrons. The fourth-order valence-electron chi connectivity index (χ4n) is 4.12. The van der Waals surface area contributed by atoms with Gasteiger partial charge < -0.3 is 39.4 Å². The molecule has 5 N–H and O–H groups in total. The Kier molecular flexibility index (Phi) is 5.38. The van der Waals surface area contributed by atoms with E-state index < -0.39 is 54.5 Å². The lowest BCUT2D eigenvalue weighted by Crippen LogP contribution is -2.60. The molecule has 1 aromatic heterocycles. The maximum Gasteiger partial charge on any atom is 0.336 e. The Balaban J connectivity index is 1.83. The van der Waals surface area contributed by atoms with Crippen LogP contribution in [0, 0.1) is 5.41 Å². The fourth-order valence-corrected chi connectivity index (χ4v) is 4.12. The summed E-state index contributed by atoms with van der Waals surface area (Å²) < 4.78 is 16.8. The van der Waals surface area contributed by atoms with Gasteiger partial charge in [0.15, 0.2) is 11.3 Å². The summed E-state index contributed by atoms with van der Waals surface area (Å²) in [5.41, 5.74) is 0.594. The van der Waals surface area contributed by atoms with Gasteiger partial charge in [0, 0.05) is 17.0 Å². The topological polar surface area (TPSA) is 150 Å². The molecule has 6 atom stereocenters. The van der Waals surface area contributed by atoms with Crippen LogP contribution >= 0.6 is 0 Å². The lowest BCUT2D eigenvalue weighted by atomic mass is 9.71. The van der Waals surface area contributed by atoms with Crippen LogP contribution < -0.4 is 10.4 Å². The zero-order valence-electron chi connectivity index (χ0n) is 16.7. The first-order valence-electron chi connectivity index (χ1n) is 9.86. The van der Waals surface area contributed by atoms with Gasteiger partial charge in [-0.1, -0.05) is 13.8 Å². The predicted octanol–water partition coefficient (Wildman–Crippen LogP) is -0.543. The quantitative estimate of drug-likeness (QED) is 0.411. The predicted molar refractivity (Wildman–Crippen MR) is 104 cm³/mol. The second-order valence-corrected chi connectivity index (χ2v) is 8.72. The highest BCUT2D eigenvalue weighted by atomic mass is 16.7. The van der Waals surface area contributed by atoms with Gasteiger partial charge in [-0.2, -0.15) is 0 Å². The number of aliphatic hydroxyl groups is 5. The van der Waals surface area contributed by atoms with Crippen LogP contribution in [0.3, 0.4) is 0 Å². The normalized spacial score (nSPS) is 33.3. The largest absolute Gasteiger partial charge is 0.458 e. The minimum Gasteiger partial charge on any atom is -0.458 e. The Morgan fingerprint density at radius 3 is 2.57 bits per heavy atom. The summed E-state index contributed by atoms with van der Waals surface area (Å²) in [4.78, 5) is 11.9. The Labute approximate surface area is 172 Å². The highest BCUT2D eigenvalue weighted by Crippen LogP contribution is 2.43. The van der Waals surface area contributed by atoms with Gasteiger partial charge in [-0.05, 0) is 36.0 Å². The van der Waals surface area contributed by atoms with Crippen molar-refractivity contribution in [2.75, 3.05) is 6.61 Å². The maximum atomic E-state index is 11.9. The summed E-state index contributed by atoms with van der Waals surface area (Å²) in [6.07, 6.45) is -7.09. The Bertz CT molecular complexity index is 996. The van der Waals surface area contributed by atoms with Crippen molar-refractivity contribution in [2.45, 2.75) is 63.5 Å². The van der Waals surface area contributed by atoms with E-state index in [0.29, 0.717) is 23.8 Å². The molecule has 30 heavy (non-hydrogen) atoms. The first-order chi connectivity index (χ1) is 14.1. The molecule has 0 bridgehead atoms. The van der Waals surface area contributed by atoms with Crippen molar-refractivity contribution in [1.29, 1.82) is 0 Å². The van der Waals surface area contributed by atoms with E-state index >= 15 is 0 Å².